The van der Waals surface area contributed by atoms with E-state index in [1.807, 2.05) is 66.1 Å². The number of imidazole rings is 1. The lowest BCUT2D eigenvalue weighted by Crippen LogP contribution is -2.15. The van der Waals surface area contributed by atoms with E-state index in [0.29, 0.717) is 5.69 Å². The smallest absolute Gasteiger partial charge is 0.356 e. The lowest BCUT2D eigenvalue weighted by atomic mass is 10.1. The molecule has 0 N–H and O–H groups in total. The zero-order chi connectivity index (χ0) is 16.9. The van der Waals surface area contributed by atoms with Crippen molar-refractivity contribution in [3.05, 3.63) is 87.5 Å². The first-order chi connectivity index (χ1) is 11.6. The summed E-state index contributed by atoms with van der Waals surface area (Å²) in [7, 11) is 0. The predicted octanol–water partition coefficient (Wildman–Crippen LogP) is 4.45. The summed E-state index contributed by atoms with van der Waals surface area (Å²) in [4.78, 5) is 16.5. The molecule has 0 radical (unpaired) electrons. The second-order valence-electron chi connectivity index (χ2n) is 5.48. The monoisotopic (exact) mass is 432 g/mol. The molecule has 24 heavy (non-hydrogen) atoms. The third-order valence-electron chi connectivity index (χ3n) is 3.86. The number of esters is 1. The maximum Gasteiger partial charge on any atom is 0.356 e. The van der Waals surface area contributed by atoms with E-state index >= 15 is 0 Å². The van der Waals surface area contributed by atoms with E-state index in [0.717, 1.165) is 14.7 Å². The summed E-state index contributed by atoms with van der Waals surface area (Å²) in [5.74, 6) is -0.367. The maximum atomic E-state index is 12.4. The first-order valence-electron chi connectivity index (χ1n) is 7.63. The zero-order valence-corrected chi connectivity index (χ0v) is 15.4. The molecular weight excluding hydrogens is 415 g/mol. The minimum absolute atomic E-state index is 0.00885. The van der Waals surface area contributed by atoms with E-state index < -0.39 is 0 Å². The fourth-order valence-corrected chi connectivity index (χ4v) is 2.83. The van der Waals surface area contributed by atoms with Crippen molar-refractivity contribution in [2.75, 3.05) is 0 Å². The van der Waals surface area contributed by atoms with Gasteiger partial charge < -0.3 is 9.30 Å². The number of hydrogen-bond acceptors (Lipinski definition) is 3. The lowest BCUT2D eigenvalue weighted by Gasteiger charge is -2.16. The first-order valence-corrected chi connectivity index (χ1v) is 8.71. The number of carbonyl (C=O) groups excluding carboxylic acids is 1. The zero-order valence-electron chi connectivity index (χ0n) is 13.2. The van der Waals surface area contributed by atoms with Crippen LogP contribution >= 0.6 is 22.6 Å². The van der Waals surface area contributed by atoms with Crippen LogP contribution in [0.2, 0.25) is 0 Å². The minimum Gasteiger partial charge on any atom is -0.456 e. The Labute approximate surface area is 154 Å². The van der Waals surface area contributed by atoms with Crippen molar-refractivity contribution in [1.82, 2.24) is 9.55 Å². The topological polar surface area (TPSA) is 44.1 Å². The highest BCUT2D eigenvalue weighted by atomic mass is 127. The van der Waals surface area contributed by atoms with E-state index in [1.165, 1.54) is 0 Å². The van der Waals surface area contributed by atoms with Gasteiger partial charge in [0.2, 0.25) is 0 Å². The van der Waals surface area contributed by atoms with Gasteiger partial charge in [-0.1, -0.05) is 42.5 Å². The molecule has 1 heterocycles. The Balaban J connectivity index is 1.72. The highest BCUT2D eigenvalue weighted by Gasteiger charge is 2.18. The van der Waals surface area contributed by atoms with E-state index in [9.17, 15) is 4.79 Å². The van der Waals surface area contributed by atoms with Gasteiger partial charge in [0.05, 0.1) is 18.6 Å². The summed E-state index contributed by atoms with van der Waals surface area (Å²) >= 11 is 2.24. The molecule has 1 aromatic heterocycles. The van der Waals surface area contributed by atoms with Crippen LogP contribution < -0.4 is 0 Å². The first kappa shape index (κ1) is 16.7. The Morgan fingerprint density at radius 2 is 1.88 bits per heavy atom. The number of rotatable bonds is 5. The van der Waals surface area contributed by atoms with E-state index in [4.69, 9.17) is 4.74 Å². The van der Waals surface area contributed by atoms with Gasteiger partial charge >= 0.3 is 5.97 Å². The van der Waals surface area contributed by atoms with Crippen LogP contribution in [0.25, 0.3) is 0 Å². The molecule has 0 bridgehead atoms. The Hall–Kier alpha value is -2.15. The van der Waals surface area contributed by atoms with Crippen LogP contribution in [0, 0.1) is 3.57 Å². The van der Waals surface area contributed by atoms with Gasteiger partial charge in [-0.05, 0) is 52.8 Å². The van der Waals surface area contributed by atoms with Gasteiger partial charge in [0.25, 0.3) is 0 Å². The van der Waals surface area contributed by atoms with Crippen molar-refractivity contribution in [2.45, 2.75) is 19.6 Å². The molecule has 0 aliphatic rings. The molecule has 3 rings (SSSR count). The van der Waals surface area contributed by atoms with E-state index in [2.05, 4.69) is 27.6 Å². The molecule has 0 unspecified atom stereocenters. The van der Waals surface area contributed by atoms with Crippen molar-refractivity contribution in [2.24, 2.45) is 0 Å². The largest absolute Gasteiger partial charge is 0.456 e. The summed E-state index contributed by atoms with van der Waals surface area (Å²) in [6.45, 7) is 2.29. The number of nitrogens with zero attached hydrogens (tertiary/aromatic N) is 2. The van der Waals surface area contributed by atoms with Gasteiger partial charge in [-0.15, -0.1) is 0 Å². The molecule has 1 atom stereocenters. The number of ether oxygens (including phenoxy) is 1. The van der Waals surface area contributed by atoms with Crippen molar-refractivity contribution >= 4 is 28.6 Å². The molecular formula is C19H17IN2O2. The average molecular weight is 432 g/mol. The van der Waals surface area contributed by atoms with Crippen LogP contribution in [0.15, 0.2) is 67.1 Å². The van der Waals surface area contributed by atoms with Crippen LogP contribution in [0.1, 0.15) is 34.6 Å². The minimum atomic E-state index is -0.367. The lowest BCUT2D eigenvalue weighted by molar-refractivity contribution is 0.0459. The standard InChI is InChI=1S/C19H17IN2O2/c1-14(16-5-3-2-4-6-16)22-13-21-11-18(22)19(23)24-12-15-7-9-17(20)10-8-15/h2-11,13-14H,12H2,1H3/t14-/m1/s1. The molecule has 3 aromatic rings. The quantitative estimate of drug-likeness (QED) is 0.442. The van der Waals surface area contributed by atoms with Crippen molar-refractivity contribution < 1.29 is 9.53 Å². The molecule has 122 valence electrons. The molecule has 4 nitrogen and oxygen atoms in total. The maximum absolute atomic E-state index is 12.4. The van der Waals surface area contributed by atoms with E-state index in [-0.39, 0.29) is 18.6 Å². The molecule has 0 saturated carbocycles. The summed E-state index contributed by atoms with van der Waals surface area (Å²) in [5.41, 5.74) is 2.53. The molecule has 0 fully saturated rings. The Bertz CT molecular complexity index is 813. The Morgan fingerprint density at radius 3 is 2.58 bits per heavy atom. The fraction of sp³-hybridized carbons (Fsp3) is 0.158. The van der Waals surface area contributed by atoms with E-state index in [1.54, 1.807) is 12.5 Å². The highest BCUT2D eigenvalue weighted by molar-refractivity contribution is 14.1. The second kappa shape index (κ2) is 7.61. The summed E-state index contributed by atoms with van der Waals surface area (Å²) < 4.78 is 8.43. The second-order valence-corrected chi connectivity index (χ2v) is 6.72. The number of aromatic nitrogens is 2. The van der Waals surface area contributed by atoms with Gasteiger partial charge in [0, 0.05) is 3.57 Å². The summed E-state index contributed by atoms with van der Waals surface area (Å²) in [6.07, 6.45) is 3.22. The molecule has 0 aliphatic heterocycles. The Morgan fingerprint density at radius 1 is 1.17 bits per heavy atom. The van der Waals surface area contributed by atoms with Crippen LogP contribution in [0.4, 0.5) is 0 Å². The molecule has 0 amide bonds. The summed E-state index contributed by atoms with van der Waals surface area (Å²) in [6, 6.07) is 17.9. The van der Waals surface area contributed by atoms with Gasteiger partial charge in [0.15, 0.2) is 0 Å². The fourth-order valence-electron chi connectivity index (χ4n) is 2.47. The SMILES string of the molecule is C[C@H](c1ccccc1)n1cncc1C(=O)OCc1ccc(I)cc1. The van der Waals surface area contributed by atoms with Gasteiger partial charge in [0.1, 0.15) is 12.3 Å². The van der Waals surface area contributed by atoms with Crippen LogP contribution in [0.5, 0.6) is 0 Å². The third kappa shape index (κ3) is 3.84. The molecule has 5 heteroatoms. The number of hydrogen-bond donors (Lipinski definition) is 0. The average Bonchev–Trinajstić information content (AvgIpc) is 3.11. The van der Waals surface area contributed by atoms with Crippen LogP contribution in [-0.4, -0.2) is 15.5 Å². The van der Waals surface area contributed by atoms with Crippen LogP contribution in [-0.2, 0) is 11.3 Å². The number of halogens is 1. The highest BCUT2D eigenvalue weighted by Crippen LogP contribution is 2.20. The normalized spacial score (nSPS) is 11.9. The number of carbonyl (C=O) groups is 1. The summed E-state index contributed by atoms with van der Waals surface area (Å²) in [5, 5.41) is 0. The molecule has 2 aromatic carbocycles. The third-order valence-corrected chi connectivity index (χ3v) is 4.58. The van der Waals surface area contributed by atoms with Gasteiger partial charge in [-0.3, -0.25) is 0 Å². The van der Waals surface area contributed by atoms with Gasteiger partial charge in [-0.2, -0.15) is 0 Å². The Kier molecular flexibility index (Phi) is 5.30. The van der Waals surface area contributed by atoms with Crippen molar-refractivity contribution in [3.8, 4) is 0 Å². The molecule has 0 saturated heterocycles. The number of benzene rings is 2. The molecule has 0 aliphatic carbocycles. The van der Waals surface area contributed by atoms with Crippen LogP contribution in [0.3, 0.4) is 0 Å². The van der Waals surface area contributed by atoms with Crippen molar-refractivity contribution in [3.63, 3.8) is 0 Å². The molecule has 0 spiro atoms. The van der Waals surface area contributed by atoms with Gasteiger partial charge in [-0.25, -0.2) is 9.78 Å². The van der Waals surface area contributed by atoms with Crippen molar-refractivity contribution in [1.29, 1.82) is 0 Å². The predicted molar refractivity (Wildman–Crippen MR) is 101 cm³/mol.